The summed E-state index contributed by atoms with van der Waals surface area (Å²) in [6.45, 7) is 8.37. The highest BCUT2D eigenvalue weighted by Crippen LogP contribution is 2.67. The molecule has 1 N–H and O–H groups in total. The smallest absolute Gasteiger partial charge is 0.146 e. The van der Waals surface area contributed by atoms with Crippen LogP contribution in [0.3, 0.4) is 0 Å². The zero-order valence-electron chi connectivity index (χ0n) is 16.8. The van der Waals surface area contributed by atoms with Crippen LogP contribution >= 0.6 is 0 Å². The van der Waals surface area contributed by atoms with E-state index >= 15 is 0 Å². The molecule has 0 aliphatic heterocycles. The predicted octanol–water partition coefficient (Wildman–Crippen LogP) is 2.98. The first kappa shape index (κ1) is 20.0. The van der Waals surface area contributed by atoms with E-state index in [1.165, 1.54) is 0 Å². The van der Waals surface area contributed by atoms with Crippen LogP contribution in [0.25, 0.3) is 0 Å². The SMILES string of the molecule is COCO[C@H]1[C@H](C)C23CCC(=O)C2[C@](C)(C(O)C[C@@]1(C)C=O)[C@H](C)CC3. The van der Waals surface area contributed by atoms with Crippen molar-refractivity contribution in [2.75, 3.05) is 13.9 Å². The maximum Gasteiger partial charge on any atom is 0.146 e. The van der Waals surface area contributed by atoms with Gasteiger partial charge in [0.25, 0.3) is 0 Å². The van der Waals surface area contributed by atoms with E-state index < -0.39 is 16.9 Å². The van der Waals surface area contributed by atoms with Crippen molar-refractivity contribution < 1.29 is 24.2 Å². The third-order valence-electron chi connectivity index (χ3n) is 8.46. The molecule has 3 aliphatic rings. The molecule has 0 aromatic rings. The maximum absolute atomic E-state index is 13.0. The summed E-state index contributed by atoms with van der Waals surface area (Å²) in [6, 6.07) is 0. The Hall–Kier alpha value is -0.780. The number of aliphatic hydroxyl groups excluding tert-OH is 1. The van der Waals surface area contributed by atoms with E-state index in [4.69, 9.17) is 9.47 Å². The summed E-state index contributed by atoms with van der Waals surface area (Å²) in [5, 5.41) is 11.3. The van der Waals surface area contributed by atoms with Crippen molar-refractivity contribution in [2.24, 2.45) is 34.0 Å². The Balaban J connectivity index is 2.16. The van der Waals surface area contributed by atoms with Gasteiger partial charge in [-0.2, -0.15) is 0 Å². The summed E-state index contributed by atoms with van der Waals surface area (Å²) >= 11 is 0. The van der Waals surface area contributed by atoms with Crippen molar-refractivity contribution in [3.05, 3.63) is 0 Å². The Morgan fingerprint density at radius 2 is 1.96 bits per heavy atom. The number of carbonyl (C=O) groups is 2. The second-order valence-electron chi connectivity index (χ2n) is 9.56. The molecule has 3 aliphatic carbocycles. The van der Waals surface area contributed by atoms with E-state index in [-0.39, 0.29) is 41.8 Å². The predicted molar refractivity (Wildman–Crippen MR) is 97.4 cm³/mol. The van der Waals surface area contributed by atoms with Crippen LogP contribution in [0.5, 0.6) is 0 Å². The molecule has 26 heavy (non-hydrogen) atoms. The van der Waals surface area contributed by atoms with Gasteiger partial charge < -0.3 is 19.4 Å². The number of aldehydes is 1. The van der Waals surface area contributed by atoms with Gasteiger partial charge in [-0.25, -0.2) is 0 Å². The number of Topliss-reactive ketones (excluding diaryl/α,β-unsaturated/α-hetero) is 1. The molecule has 3 rings (SSSR count). The molecule has 0 saturated heterocycles. The molecule has 0 amide bonds. The summed E-state index contributed by atoms with van der Waals surface area (Å²) in [5.74, 6) is 0.416. The molecule has 0 heterocycles. The molecule has 8 atom stereocenters. The largest absolute Gasteiger partial charge is 0.392 e. The average molecular weight is 366 g/mol. The molecule has 5 heteroatoms. The summed E-state index contributed by atoms with van der Waals surface area (Å²) in [6.07, 6.45) is 3.53. The number of carbonyl (C=O) groups excluding carboxylic acids is 2. The number of ether oxygens (including phenoxy) is 2. The molecule has 2 bridgehead atoms. The van der Waals surface area contributed by atoms with E-state index in [1.807, 2.05) is 6.92 Å². The zero-order valence-corrected chi connectivity index (χ0v) is 16.8. The van der Waals surface area contributed by atoms with Gasteiger partial charge in [-0.1, -0.05) is 27.7 Å². The molecular weight excluding hydrogens is 332 g/mol. The van der Waals surface area contributed by atoms with Gasteiger partial charge in [0.1, 0.15) is 18.9 Å². The number of aliphatic hydroxyl groups is 1. The Kier molecular flexibility index (Phi) is 5.13. The zero-order chi connectivity index (χ0) is 19.3. The second-order valence-corrected chi connectivity index (χ2v) is 9.56. The lowest BCUT2D eigenvalue weighted by Gasteiger charge is -2.61. The molecule has 3 unspecified atom stereocenters. The first-order valence-corrected chi connectivity index (χ1v) is 9.95. The minimum Gasteiger partial charge on any atom is -0.392 e. The number of hydrogen-bond acceptors (Lipinski definition) is 5. The molecule has 3 saturated carbocycles. The van der Waals surface area contributed by atoms with Crippen molar-refractivity contribution in [3.8, 4) is 0 Å². The maximum atomic E-state index is 13.0. The van der Waals surface area contributed by atoms with Crippen molar-refractivity contribution in [1.82, 2.24) is 0 Å². The lowest BCUT2D eigenvalue weighted by Crippen LogP contribution is -2.63. The fourth-order valence-corrected chi connectivity index (χ4v) is 6.74. The van der Waals surface area contributed by atoms with Gasteiger partial charge in [-0.15, -0.1) is 0 Å². The molecular formula is C21H34O5. The normalized spacial score (nSPS) is 51.5. The topological polar surface area (TPSA) is 72.8 Å². The summed E-state index contributed by atoms with van der Waals surface area (Å²) in [5.41, 5.74) is -1.50. The van der Waals surface area contributed by atoms with Crippen LogP contribution in [0, 0.1) is 34.0 Å². The molecule has 0 radical (unpaired) electrons. The number of rotatable bonds is 4. The van der Waals surface area contributed by atoms with E-state index in [0.29, 0.717) is 12.8 Å². The molecule has 148 valence electrons. The quantitative estimate of drug-likeness (QED) is 0.612. The van der Waals surface area contributed by atoms with Crippen LogP contribution in [0.4, 0.5) is 0 Å². The highest BCUT2D eigenvalue weighted by molar-refractivity contribution is 5.85. The summed E-state index contributed by atoms with van der Waals surface area (Å²) in [4.78, 5) is 25.2. The third kappa shape index (κ3) is 2.54. The van der Waals surface area contributed by atoms with Crippen LogP contribution in [0.2, 0.25) is 0 Å². The fraction of sp³-hybridized carbons (Fsp3) is 0.905. The van der Waals surface area contributed by atoms with E-state index in [9.17, 15) is 14.7 Å². The monoisotopic (exact) mass is 366 g/mol. The third-order valence-corrected chi connectivity index (χ3v) is 8.46. The van der Waals surface area contributed by atoms with Crippen LogP contribution in [-0.4, -0.2) is 43.3 Å². The highest BCUT2D eigenvalue weighted by Gasteiger charge is 2.67. The molecule has 0 aromatic heterocycles. The summed E-state index contributed by atoms with van der Waals surface area (Å²) < 4.78 is 11.2. The fourth-order valence-electron chi connectivity index (χ4n) is 6.74. The first-order valence-electron chi connectivity index (χ1n) is 9.95. The van der Waals surface area contributed by atoms with Gasteiger partial charge in [-0.05, 0) is 42.9 Å². The van der Waals surface area contributed by atoms with E-state index in [1.54, 1.807) is 7.11 Å². The van der Waals surface area contributed by atoms with Gasteiger partial charge in [-0.3, -0.25) is 4.79 Å². The minimum atomic E-state index is -0.806. The number of ketones is 1. The standard InChI is InChI=1S/C21H34O5/c1-13-6-8-21-9-7-15(23)17(21)20(13,4)16(24)10-19(3,11-22)18(14(21)2)26-12-25-5/h11,13-14,16-18,24H,6-10,12H2,1-5H3/t13-,14+,16?,17?,18+,19+,20+,21?/m1/s1. The Bertz CT molecular complexity index is 577. The van der Waals surface area contributed by atoms with E-state index in [2.05, 4.69) is 20.8 Å². The van der Waals surface area contributed by atoms with Gasteiger partial charge in [0.15, 0.2) is 0 Å². The van der Waals surface area contributed by atoms with Gasteiger partial charge >= 0.3 is 0 Å². The number of hydrogen-bond donors (Lipinski definition) is 1. The van der Waals surface area contributed by atoms with E-state index in [0.717, 1.165) is 25.5 Å². The molecule has 5 nitrogen and oxygen atoms in total. The van der Waals surface area contributed by atoms with Gasteiger partial charge in [0, 0.05) is 24.9 Å². The van der Waals surface area contributed by atoms with Gasteiger partial charge in [0.05, 0.1) is 17.6 Å². The highest BCUT2D eigenvalue weighted by atomic mass is 16.7. The van der Waals surface area contributed by atoms with Crippen molar-refractivity contribution in [3.63, 3.8) is 0 Å². The lowest BCUT2D eigenvalue weighted by molar-refractivity contribution is -0.217. The van der Waals surface area contributed by atoms with Crippen LogP contribution in [0.15, 0.2) is 0 Å². The summed E-state index contributed by atoms with van der Waals surface area (Å²) in [7, 11) is 1.57. The van der Waals surface area contributed by atoms with Crippen molar-refractivity contribution >= 4 is 12.1 Å². The van der Waals surface area contributed by atoms with Crippen LogP contribution < -0.4 is 0 Å². The lowest BCUT2D eigenvalue weighted by atomic mass is 9.44. The van der Waals surface area contributed by atoms with Crippen LogP contribution in [-0.2, 0) is 19.1 Å². The Labute approximate surface area is 156 Å². The van der Waals surface area contributed by atoms with Crippen LogP contribution in [0.1, 0.15) is 59.8 Å². The molecule has 0 aromatic carbocycles. The second kappa shape index (κ2) is 6.68. The Morgan fingerprint density at radius 3 is 2.58 bits per heavy atom. The molecule has 0 spiro atoms. The van der Waals surface area contributed by atoms with Gasteiger partial charge in [0.2, 0.25) is 0 Å². The first-order chi connectivity index (χ1) is 12.2. The minimum absolute atomic E-state index is 0.0450. The number of methoxy groups -OCH3 is 1. The molecule has 3 fully saturated rings. The average Bonchev–Trinajstić information content (AvgIpc) is 2.96. The van der Waals surface area contributed by atoms with Crippen molar-refractivity contribution in [2.45, 2.75) is 72.0 Å². The van der Waals surface area contributed by atoms with Crippen molar-refractivity contribution in [1.29, 1.82) is 0 Å². The Morgan fingerprint density at radius 1 is 1.27 bits per heavy atom.